The van der Waals surface area contributed by atoms with E-state index in [2.05, 4.69) is 50.0 Å². The Morgan fingerprint density at radius 2 is 1.80 bits per heavy atom. The molecule has 1 heterocycles. The highest BCUT2D eigenvalue weighted by molar-refractivity contribution is 5.59. The second-order valence-corrected chi connectivity index (χ2v) is 5.44. The zero-order valence-corrected chi connectivity index (χ0v) is 12.5. The minimum atomic E-state index is 0.213. The Labute approximate surface area is 121 Å². The Morgan fingerprint density at radius 1 is 1.10 bits per heavy atom. The number of hydrogen-bond acceptors (Lipinski definition) is 3. The molecule has 1 atom stereocenters. The van der Waals surface area contributed by atoms with E-state index < -0.39 is 0 Å². The number of benzene rings is 1. The molecule has 106 valence electrons. The van der Waals surface area contributed by atoms with E-state index in [0.29, 0.717) is 12.5 Å². The second kappa shape index (κ2) is 6.62. The number of aromatic nitrogens is 2. The molecule has 0 bridgehead atoms. The van der Waals surface area contributed by atoms with Gasteiger partial charge in [0, 0.05) is 24.2 Å². The van der Waals surface area contributed by atoms with Crippen LogP contribution in [0.2, 0.25) is 0 Å². The maximum Gasteiger partial charge on any atom is 0.133 e. The highest BCUT2D eigenvalue weighted by atomic mass is 14.9. The monoisotopic (exact) mass is 269 g/mol. The van der Waals surface area contributed by atoms with Gasteiger partial charge in [-0.15, -0.1) is 0 Å². The first-order valence-electron chi connectivity index (χ1n) is 7.28. The van der Waals surface area contributed by atoms with Gasteiger partial charge in [-0.1, -0.05) is 45.0 Å². The Balaban J connectivity index is 2.33. The molecule has 0 saturated carbocycles. The van der Waals surface area contributed by atoms with E-state index in [4.69, 9.17) is 10.7 Å². The molecule has 3 nitrogen and oxygen atoms in total. The van der Waals surface area contributed by atoms with Crippen LogP contribution in [-0.4, -0.2) is 16.5 Å². The van der Waals surface area contributed by atoms with Crippen molar-refractivity contribution in [1.82, 2.24) is 9.97 Å². The van der Waals surface area contributed by atoms with Crippen molar-refractivity contribution in [3.63, 3.8) is 0 Å². The van der Waals surface area contributed by atoms with Gasteiger partial charge in [-0.25, -0.2) is 9.97 Å². The summed E-state index contributed by atoms with van der Waals surface area (Å²) in [6, 6.07) is 10.5. The fraction of sp³-hybridized carbons (Fsp3) is 0.412. The Kier molecular flexibility index (Phi) is 4.85. The van der Waals surface area contributed by atoms with Crippen molar-refractivity contribution in [2.45, 2.75) is 33.1 Å². The van der Waals surface area contributed by atoms with Crippen molar-refractivity contribution in [2.24, 2.45) is 11.7 Å². The summed E-state index contributed by atoms with van der Waals surface area (Å²) >= 11 is 0. The van der Waals surface area contributed by atoms with Crippen molar-refractivity contribution in [1.29, 1.82) is 0 Å². The molecule has 0 aliphatic heterocycles. The second-order valence-electron chi connectivity index (χ2n) is 5.44. The van der Waals surface area contributed by atoms with Crippen LogP contribution in [0.5, 0.6) is 0 Å². The molecule has 0 aliphatic carbocycles. The topological polar surface area (TPSA) is 51.8 Å². The lowest BCUT2D eigenvalue weighted by Crippen LogP contribution is -2.20. The van der Waals surface area contributed by atoms with Gasteiger partial charge in [0.25, 0.3) is 0 Å². The molecule has 2 rings (SSSR count). The standard InChI is InChI=1S/C17H23N3/c1-4-13-5-7-14(8-6-13)16-9-10-19-17(20-16)15(11-18)12(2)3/h5-10,12,15H,4,11,18H2,1-3H3. The van der Waals surface area contributed by atoms with Crippen molar-refractivity contribution < 1.29 is 0 Å². The lowest BCUT2D eigenvalue weighted by molar-refractivity contribution is 0.483. The number of hydrogen-bond donors (Lipinski definition) is 1. The van der Waals surface area contributed by atoms with Crippen LogP contribution in [0, 0.1) is 5.92 Å². The Morgan fingerprint density at radius 3 is 2.35 bits per heavy atom. The number of nitrogens with two attached hydrogens (primary N) is 1. The van der Waals surface area contributed by atoms with Crippen LogP contribution in [0.1, 0.15) is 38.1 Å². The zero-order chi connectivity index (χ0) is 14.5. The molecule has 3 heteroatoms. The molecular formula is C17H23N3. The summed E-state index contributed by atoms with van der Waals surface area (Å²) in [7, 11) is 0. The molecule has 0 aliphatic rings. The van der Waals surface area contributed by atoms with Gasteiger partial charge in [0.2, 0.25) is 0 Å². The molecule has 1 aromatic carbocycles. The molecule has 1 unspecified atom stereocenters. The molecule has 0 fully saturated rings. The molecule has 2 aromatic rings. The van der Waals surface area contributed by atoms with Crippen molar-refractivity contribution in [3.05, 3.63) is 47.9 Å². The van der Waals surface area contributed by atoms with Gasteiger partial charge in [-0.2, -0.15) is 0 Å². The van der Waals surface area contributed by atoms with E-state index in [0.717, 1.165) is 23.5 Å². The van der Waals surface area contributed by atoms with E-state index in [1.807, 2.05) is 12.3 Å². The predicted octanol–water partition coefficient (Wildman–Crippen LogP) is 3.40. The first-order chi connectivity index (χ1) is 9.65. The van der Waals surface area contributed by atoms with Gasteiger partial charge in [0.05, 0.1) is 5.69 Å². The Bertz CT molecular complexity index is 546. The molecule has 2 N–H and O–H groups in total. The lowest BCUT2D eigenvalue weighted by atomic mass is 9.95. The summed E-state index contributed by atoms with van der Waals surface area (Å²) < 4.78 is 0. The summed E-state index contributed by atoms with van der Waals surface area (Å²) in [6.07, 6.45) is 2.88. The first-order valence-corrected chi connectivity index (χ1v) is 7.28. The maximum atomic E-state index is 5.85. The van der Waals surface area contributed by atoms with Crippen LogP contribution in [0.3, 0.4) is 0 Å². The van der Waals surface area contributed by atoms with Crippen LogP contribution in [0.25, 0.3) is 11.3 Å². The number of aryl methyl sites for hydroxylation is 1. The van der Waals surface area contributed by atoms with E-state index in [1.165, 1.54) is 5.56 Å². The smallest absolute Gasteiger partial charge is 0.133 e. The number of rotatable bonds is 5. The van der Waals surface area contributed by atoms with Crippen LogP contribution < -0.4 is 5.73 Å². The molecule has 0 spiro atoms. The largest absolute Gasteiger partial charge is 0.330 e. The quantitative estimate of drug-likeness (QED) is 0.905. The fourth-order valence-corrected chi connectivity index (χ4v) is 2.30. The average Bonchev–Trinajstić information content (AvgIpc) is 2.48. The van der Waals surface area contributed by atoms with Gasteiger partial charge in [-0.05, 0) is 24.0 Å². The van der Waals surface area contributed by atoms with Gasteiger partial charge in [0.15, 0.2) is 0 Å². The molecule has 0 radical (unpaired) electrons. The minimum Gasteiger partial charge on any atom is -0.330 e. The van der Waals surface area contributed by atoms with Gasteiger partial charge >= 0.3 is 0 Å². The van der Waals surface area contributed by atoms with Gasteiger partial charge in [-0.3, -0.25) is 0 Å². The van der Waals surface area contributed by atoms with Crippen LogP contribution >= 0.6 is 0 Å². The van der Waals surface area contributed by atoms with Crippen LogP contribution in [0.4, 0.5) is 0 Å². The molecular weight excluding hydrogens is 246 g/mol. The molecule has 1 aromatic heterocycles. The van der Waals surface area contributed by atoms with Crippen molar-refractivity contribution in [2.75, 3.05) is 6.54 Å². The van der Waals surface area contributed by atoms with Crippen molar-refractivity contribution in [3.8, 4) is 11.3 Å². The highest BCUT2D eigenvalue weighted by Gasteiger charge is 2.17. The van der Waals surface area contributed by atoms with Gasteiger partial charge < -0.3 is 5.73 Å². The molecule has 20 heavy (non-hydrogen) atoms. The van der Waals surface area contributed by atoms with E-state index in [9.17, 15) is 0 Å². The minimum absolute atomic E-state index is 0.213. The van der Waals surface area contributed by atoms with Crippen LogP contribution in [0.15, 0.2) is 36.5 Å². The van der Waals surface area contributed by atoms with Gasteiger partial charge in [0.1, 0.15) is 5.82 Å². The van der Waals surface area contributed by atoms with E-state index in [1.54, 1.807) is 0 Å². The lowest BCUT2D eigenvalue weighted by Gasteiger charge is -2.17. The van der Waals surface area contributed by atoms with E-state index >= 15 is 0 Å². The summed E-state index contributed by atoms with van der Waals surface area (Å²) in [5.74, 6) is 1.50. The summed E-state index contributed by atoms with van der Waals surface area (Å²) in [5.41, 5.74) is 9.29. The third-order valence-corrected chi connectivity index (χ3v) is 3.72. The summed E-state index contributed by atoms with van der Waals surface area (Å²) in [4.78, 5) is 9.10. The number of nitrogens with zero attached hydrogens (tertiary/aromatic N) is 2. The molecule has 0 saturated heterocycles. The summed E-state index contributed by atoms with van der Waals surface area (Å²) in [6.45, 7) is 7.05. The third-order valence-electron chi connectivity index (χ3n) is 3.72. The normalized spacial score (nSPS) is 12.7. The zero-order valence-electron chi connectivity index (χ0n) is 12.5. The van der Waals surface area contributed by atoms with Crippen LogP contribution in [-0.2, 0) is 6.42 Å². The SMILES string of the molecule is CCc1ccc(-c2ccnc(C(CN)C(C)C)n2)cc1. The van der Waals surface area contributed by atoms with E-state index in [-0.39, 0.29) is 5.92 Å². The third kappa shape index (κ3) is 3.23. The summed E-state index contributed by atoms with van der Waals surface area (Å²) in [5, 5.41) is 0. The average molecular weight is 269 g/mol. The maximum absolute atomic E-state index is 5.85. The predicted molar refractivity (Wildman–Crippen MR) is 83.5 cm³/mol. The molecule has 0 amide bonds. The highest BCUT2D eigenvalue weighted by Crippen LogP contribution is 2.23. The first kappa shape index (κ1) is 14.7. The Hall–Kier alpha value is -1.74. The fourth-order valence-electron chi connectivity index (χ4n) is 2.30. The van der Waals surface area contributed by atoms with Crippen molar-refractivity contribution >= 4 is 0 Å².